The molecule has 0 aliphatic rings. The SMILES string of the molecule is CC/C=C\C/C=C\C/C=C\C/C=C\C/C=C\C/C=C\C/C=C\C/C=C\C/C=C\CCCCCC(=O)OC(CO)COC(=O)CCCCCCC/C=C\C/C=C\C/C=C\CC. The Labute approximate surface area is 368 Å². The van der Waals surface area contributed by atoms with Crippen LogP contribution in [0.2, 0.25) is 0 Å². The van der Waals surface area contributed by atoms with E-state index in [1.807, 2.05) is 0 Å². The normalized spacial score (nSPS) is 13.6. The lowest BCUT2D eigenvalue weighted by molar-refractivity contribution is -0.161. The molecule has 0 aromatic heterocycles. The molecule has 0 saturated heterocycles. The summed E-state index contributed by atoms with van der Waals surface area (Å²) in [5.74, 6) is -0.665. The van der Waals surface area contributed by atoms with Crippen molar-refractivity contribution < 1.29 is 24.2 Å². The highest BCUT2D eigenvalue weighted by Crippen LogP contribution is 2.10. The Balaban J connectivity index is 3.72. The topological polar surface area (TPSA) is 72.8 Å². The van der Waals surface area contributed by atoms with Crippen molar-refractivity contribution in [3.63, 3.8) is 0 Å². The average Bonchev–Trinajstić information content (AvgIpc) is 3.25. The largest absolute Gasteiger partial charge is 0.462 e. The predicted octanol–water partition coefficient (Wildman–Crippen LogP) is 15.5. The van der Waals surface area contributed by atoms with Gasteiger partial charge in [-0.3, -0.25) is 9.59 Å². The van der Waals surface area contributed by atoms with Crippen LogP contribution >= 0.6 is 0 Å². The van der Waals surface area contributed by atoms with Crippen LogP contribution in [-0.2, 0) is 19.1 Å². The minimum absolute atomic E-state index is 0.0993. The van der Waals surface area contributed by atoms with Crippen LogP contribution in [0.15, 0.2) is 146 Å². The maximum atomic E-state index is 12.2. The van der Waals surface area contributed by atoms with E-state index in [1.54, 1.807) is 0 Å². The molecule has 5 heteroatoms. The van der Waals surface area contributed by atoms with E-state index in [0.29, 0.717) is 12.8 Å². The van der Waals surface area contributed by atoms with Crippen molar-refractivity contribution in [1.82, 2.24) is 0 Å². The van der Waals surface area contributed by atoms with Crippen molar-refractivity contribution in [3.8, 4) is 0 Å². The molecular formula is C55H84O5. The number of allylic oxidation sites excluding steroid dienone is 24. The molecule has 1 unspecified atom stereocenters. The number of ether oxygens (including phenoxy) is 2. The van der Waals surface area contributed by atoms with Crippen LogP contribution in [0.25, 0.3) is 0 Å². The molecule has 60 heavy (non-hydrogen) atoms. The second-order valence-electron chi connectivity index (χ2n) is 14.7. The highest BCUT2D eigenvalue weighted by Gasteiger charge is 2.16. The summed E-state index contributed by atoms with van der Waals surface area (Å²) in [5, 5.41) is 9.59. The van der Waals surface area contributed by atoms with Gasteiger partial charge in [0, 0.05) is 12.8 Å². The smallest absolute Gasteiger partial charge is 0.306 e. The van der Waals surface area contributed by atoms with Crippen LogP contribution in [-0.4, -0.2) is 36.4 Å². The molecule has 5 nitrogen and oxygen atoms in total. The van der Waals surface area contributed by atoms with Crippen molar-refractivity contribution in [2.45, 2.75) is 174 Å². The molecule has 0 aliphatic carbocycles. The van der Waals surface area contributed by atoms with Gasteiger partial charge in [0.2, 0.25) is 0 Å². The summed E-state index contributed by atoms with van der Waals surface area (Å²) in [6, 6.07) is 0. The molecule has 0 bridgehead atoms. The summed E-state index contributed by atoms with van der Waals surface area (Å²) < 4.78 is 10.6. The summed E-state index contributed by atoms with van der Waals surface area (Å²) in [6.07, 6.45) is 75.0. The summed E-state index contributed by atoms with van der Waals surface area (Å²) >= 11 is 0. The van der Waals surface area contributed by atoms with Crippen molar-refractivity contribution in [1.29, 1.82) is 0 Å². The van der Waals surface area contributed by atoms with Gasteiger partial charge in [0.25, 0.3) is 0 Å². The lowest BCUT2D eigenvalue weighted by Gasteiger charge is -2.15. The van der Waals surface area contributed by atoms with E-state index >= 15 is 0 Å². The van der Waals surface area contributed by atoms with Crippen molar-refractivity contribution >= 4 is 11.9 Å². The van der Waals surface area contributed by atoms with Gasteiger partial charge in [-0.05, 0) is 116 Å². The first-order valence-corrected chi connectivity index (χ1v) is 23.4. The number of aliphatic hydroxyl groups is 1. The molecule has 0 heterocycles. The summed E-state index contributed by atoms with van der Waals surface area (Å²) in [4.78, 5) is 24.3. The van der Waals surface area contributed by atoms with E-state index in [9.17, 15) is 14.7 Å². The zero-order valence-electron chi connectivity index (χ0n) is 37.9. The molecule has 0 amide bonds. The average molecular weight is 825 g/mol. The van der Waals surface area contributed by atoms with Crippen LogP contribution in [0.5, 0.6) is 0 Å². The maximum absolute atomic E-state index is 12.2. The third kappa shape index (κ3) is 46.5. The van der Waals surface area contributed by atoms with Crippen LogP contribution in [0.1, 0.15) is 168 Å². The van der Waals surface area contributed by atoms with Gasteiger partial charge in [-0.2, -0.15) is 0 Å². The molecule has 1 N–H and O–H groups in total. The van der Waals surface area contributed by atoms with Crippen molar-refractivity contribution in [3.05, 3.63) is 146 Å². The van der Waals surface area contributed by atoms with Crippen molar-refractivity contribution in [2.75, 3.05) is 13.2 Å². The Kier molecular flexibility index (Phi) is 45.7. The quantitative estimate of drug-likeness (QED) is 0.0378. The Bertz CT molecular complexity index is 1350. The van der Waals surface area contributed by atoms with Crippen LogP contribution < -0.4 is 0 Å². The van der Waals surface area contributed by atoms with Gasteiger partial charge in [0.05, 0.1) is 6.61 Å². The third-order valence-corrected chi connectivity index (χ3v) is 9.13. The number of carbonyl (C=O) groups excluding carboxylic acids is 2. The molecular weight excluding hydrogens is 741 g/mol. The molecule has 0 spiro atoms. The standard InChI is InChI=1S/C55H84O5/c1-3-5-7-9-11-13-15-17-19-20-21-22-23-24-25-26-27-28-29-30-31-32-33-34-36-38-40-42-44-46-48-50-55(58)60-53(51-56)52-59-54(57)49-47-45-43-41-39-37-35-18-16-14-12-10-8-6-4-2/h5-8,11-14,17-19,21-22,24-25,27-28,30-31,33-35,38,40,53,56H,3-4,9-10,15-16,20,23,26,29,32,36-37,39,41-52H2,1-2H3/b7-5-,8-6-,13-11-,14-12-,19-17-,22-21-,25-24-,28-27-,31-30-,34-33-,35-18-,40-38-. The molecule has 0 radical (unpaired) electrons. The number of unbranched alkanes of at least 4 members (excludes halogenated alkanes) is 8. The molecule has 0 aliphatic heterocycles. The first-order chi connectivity index (χ1) is 29.6. The van der Waals surface area contributed by atoms with Gasteiger partial charge in [-0.1, -0.05) is 185 Å². The first kappa shape index (κ1) is 55.8. The number of rotatable bonds is 40. The van der Waals surface area contributed by atoms with Crippen LogP contribution in [0, 0.1) is 0 Å². The lowest BCUT2D eigenvalue weighted by atomic mass is 10.1. The molecule has 0 fully saturated rings. The van der Waals surface area contributed by atoms with Crippen molar-refractivity contribution in [2.24, 2.45) is 0 Å². The fourth-order valence-electron chi connectivity index (χ4n) is 5.68. The molecule has 0 saturated carbocycles. The third-order valence-electron chi connectivity index (χ3n) is 9.13. The summed E-state index contributed by atoms with van der Waals surface area (Å²) in [6.45, 7) is 3.84. The molecule has 1 atom stereocenters. The summed E-state index contributed by atoms with van der Waals surface area (Å²) in [7, 11) is 0. The second kappa shape index (κ2) is 49.1. The highest BCUT2D eigenvalue weighted by atomic mass is 16.6. The van der Waals surface area contributed by atoms with E-state index in [2.05, 4.69) is 160 Å². The molecule has 0 aromatic rings. The summed E-state index contributed by atoms with van der Waals surface area (Å²) in [5.41, 5.74) is 0. The highest BCUT2D eigenvalue weighted by molar-refractivity contribution is 5.70. The number of hydrogen-bond donors (Lipinski definition) is 1. The predicted molar refractivity (Wildman–Crippen MR) is 260 cm³/mol. The van der Waals surface area contributed by atoms with E-state index < -0.39 is 6.10 Å². The first-order valence-electron chi connectivity index (χ1n) is 23.4. The zero-order chi connectivity index (χ0) is 43.5. The fourth-order valence-corrected chi connectivity index (χ4v) is 5.68. The Morgan fingerprint density at radius 2 is 0.667 bits per heavy atom. The van der Waals surface area contributed by atoms with Crippen LogP contribution in [0.4, 0.5) is 0 Å². The second-order valence-corrected chi connectivity index (χ2v) is 14.7. The fraction of sp³-hybridized carbons (Fsp3) is 0.527. The van der Waals surface area contributed by atoms with E-state index in [-0.39, 0.29) is 25.2 Å². The number of aliphatic hydroxyl groups excluding tert-OH is 1. The van der Waals surface area contributed by atoms with Gasteiger partial charge in [0.15, 0.2) is 6.10 Å². The van der Waals surface area contributed by atoms with Gasteiger partial charge < -0.3 is 14.6 Å². The van der Waals surface area contributed by atoms with E-state index in [4.69, 9.17) is 9.47 Å². The molecule has 0 rings (SSSR count). The minimum Gasteiger partial charge on any atom is -0.462 e. The zero-order valence-corrected chi connectivity index (χ0v) is 37.9. The molecule has 0 aromatic carbocycles. The maximum Gasteiger partial charge on any atom is 0.306 e. The number of hydrogen-bond acceptors (Lipinski definition) is 5. The monoisotopic (exact) mass is 825 g/mol. The van der Waals surface area contributed by atoms with Gasteiger partial charge in [0.1, 0.15) is 6.61 Å². The Morgan fingerprint density at radius 3 is 1.02 bits per heavy atom. The lowest BCUT2D eigenvalue weighted by Crippen LogP contribution is -2.28. The number of carbonyl (C=O) groups is 2. The molecule has 334 valence electrons. The minimum atomic E-state index is -0.808. The van der Waals surface area contributed by atoms with Gasteiger partial charge in [-0.15, -0.1) is 0 Å². The van der Waals surface area contributed by atoms with E-state index in [1.165, 1.54) is 0 Å². The van der Waals surface area contributed by atoms with Gasteiger partial charge in [-0.25, -0.2) is 0 Å². The van der Waals surface area contributed by atoms with E-state index in [0.717, 1.165) is 141 Å². The van der Waals surface area contributed by atoms with Crippen LogP contribution in [0.3, 0.4) is 0 Å². The van der Waals surface area contributed by atoms with Gasteiger partial charge >= 0.3 is 11.9 Å². The number of esters is 2. The Morgan fingerprint density at radius 1 is 0.383 bits per heavy atom. The Hall–Kier alpha value is -4.22.